The van der Waals surface area contributed by atoms with Crippen molar-refractivity contribution in [3.05, 3.63) is 68.1 Å². The minimum absolute atomic E-state index is 0.0431. The van der Waals surface area contributed by atoms with Crippen molar-refractivity contribution in [2.75, 3.05) is 5.32 Å². The van der Waals surface area contributed by atoms with Gasteiger partial charge < -0.3 is 10.2 Å². The summed E-state index contributed by atoms with van der Waals surface area (Å²) in [7, 11) is 0. The van der Waals surface area contributed by atoms with Crippen molar-refractivity contribution in [3.8, 4) is 0 Å². The number of alkyl halides is 3. The molecule has 0 aromatic heterocycles. The van der Waals surface area contributed by atoms with Gasteiger partial charge in [0, 0.05) is 32.4 Å². The lowest BCUT2D eigenvalue weighted by Gasteiger charge is -2.29. The predicted octanol–water partition coefficient (Wildman–Crippen LogP) is 7.35. The van der Waals surface area contributed by atoms with E-state index >= 15 is 0 Å². The number of rotatable bonds is 5. The van der Waals surface area contributed by atoms with Crippen molar-refractivity contribution in [2.24, 2.45) is 11.1 Å². The lowest BCUT2D eigenvalue weighted by molar-refractivity contribution is -0.275. The highest BCUT2D eigenvalue weighted by molar-refractivity contribution is 9.10. The summed E-state index contributed by atoms with van der Waals surface area (Å²) in [6.07, 6.45) is -0.471. The van der Waals surface area contributed by atoms with Gasteiger partial charge in [-0.05, 0) is 70.7 Å². The van der Waals surface area contributed by atoms with Crippen molar-refractivity contribution >= 4 is 62.5 Å². The number of hydrogen-bond acceptors (Lipinski definition) is 3. The Morgan fingerprint density at radius 3 is 2.47 bits per heavy atom. The van der Waals surface area contributed by atoms with Gasteiger partial charge in [-0.2, -0.15) is 13.2 Å². The summed E-state index contributed by atoms with van der Waals surface area (Å²) >= 11 is 15.2. The van der Waals surface area contributed by atoms with E-state index in [4.69, 9.17) is 28.0 Å². The molecule has 1 fully saturated rings. The van der Waals surface area contributed by atoms with Crippen LogP contribution in [0.25, 0.3) is 6.08 Å². The van der Waals surface area contributed by atoms with Crippen LogP contribution in [0.2, 0.25) is 10.0 Å². The minimum atomic E-state index is -4.75. The number of benzene rings is 2. The van der Waals surface area contributed by atoms with Gasteiger partial charge in [0.05, 0.1) is 11.4 Å². The Kier molecular flexibility index (Phi) is 6.31. The number of allylic oxidation sites excluding steroid dienone is 1. The molecule has 1 saturated carbocycles. The summed E-state index contributed by atoms with van der Waals surface area (Å²) in [5.41, 5.74) is -1.53. The Labute approximate surface area is 200 Å². The molecule has 1 aliphatic carbocycles. The Morgan fingerprint density at radius 1 is 1.16 bits per heavy atom. The van der Waals surface area contributed by atoms with Gasteiger partial charge in [-0.25, -0.2) is 0 Å². The van der Waals surface area contributed by atoms with Crippen LogP contribution in [-0.2, 0) is 15.2 Å². The fourth-order valence-corrected chi connectivity index (χ4v) is 4.19. The Hall–Kier alpha value is -2.03. The van der Waals surface area contributed by atoms with Crippen molar-refractivity contribution in [1.82, 2.24) is 0 Å². The van der Waals surface area contributed by atoms with Crippen molar-refractivity contribution < 1.29 is 22.8 Å². The summed E-state index contributed by atoms with van der Waals surface area (Å²) < 4.78 is 42.8. The molecule has 1 amide bonds. The van der Waals surface area contributed by atoms with Crippen LogP contribution >= 0.6 is 39.1 Å². The highest BCUT2D eigenvalue weighted by Crippen LogP contribution is 2.49. The third-order valence-corrected chi connectivity index (χ3v) is 6.33. The minimum Gasteiger partial charge on any atom is -0.374 e. The Bertz CT molecular complexity index is 1110. The number of oxime groups is 1. The predicted molar refractivity (Wildman–Crippen MR) is 122 cm³/mol. The first kappa shape index (κ1) is 23.1. The number of amides is 1. The molecule has 2 aromatic rings. The molecule has 0 radical (unpaired) electrons. The van der Waals surface area contributed by atoms with Crippen LogP contribution in [0.4, 0.5) is 18.9 Å². The molecule has 1 atom stereocenters. The Balaban J connectivity index is 1.55. The van der Waals surface area contributed by atoms with Crippen molar-refractivity contribution in [2.45, 2.75) is 31.0 Å². The first-order chi connectivity index (χ1) is 15.1. The molecule has 4 nitrogen and oxygen atoms in total. The van der Waals surface area contributed by atoms with Crippen LogP contribution in [0.3, 0.4) is 0 Å². The lowest BCUT2D eigenvalue weighted by Crippen LogP contribution is -2.42. The number of hydrogen-bond donors (Lipinski definition) is 1. The van der Waals surface area contributed by atoms with E-state index in [1.807, 2.05) is 0 Å². The smallest absolute Gasteiger partial charge is 0.374 e. The van der Waals surface area contributed by atoms with Gasteiger partial charge in [-0.15, -0.1) is 0 Å². The van der Waals surface area contributed by atoms with E-state index in [1.165, 1.54) is 24.3 Å². The van der Waals surface area contributed by atoms with Gasteiger partial charge in [0.2, 0.25) is 5.91 Å². The first-order valence-corrected chi connectivity index (χ1v) is 11.2. The van der Waals surface area contributed by atoms with Gasteiger partial charge in [0.15, 0.2) is 0 Å². The quantitative estimate of drug-likeness (QED) is 0.425. The first-order valence-electron chi connectivity index (χ1n) is 9.64. The fourth-order valence-electron chi connectivity index (χ4n) is 3.32. The van der Waals surface area contributed by atoms with Crippen LogP contribution in [0.15, 0.2) is 52.1 Å². The maximum atomic E-state index is 14.0. The summed E-state index contributed by atoms with van der Waals surface area (Å²) in [5, 5.41) is 6.67. The average Bonchev–Trinajstić information content (AvgIpc) is 3.46. The van der Waals surface area contributed by atoms with Gasteiger partial charge >= 0.3 is 6.18 Å². The second-order valence-electron chi connectivity index (χ2n) is 7.67. The number of nitrogens with one attached hydrogen (secondary N) is 1. The van der Waals surface area contributed by atoms with Gasteiger partial charge in [-0.1, -0.05) is 40.5 Å². The lowest BCUT2D eigenvalue weighted by atomic mass is 9.88. The molecular weight excluding hydrogens is 532 g/mol. The maximum absolute atomic E-state index is 14.0. The SMILES string of the molecule is O=C(Nc1cc(/C=C/C2=NOC(c3cc(Cl)cc(Cl)c3)(C(F)(F)F)C2)ccc1Br)C1CC1. The van der Waals surface area contributed by atoms with Gasteiger partial charge in [0.25, 0.3) is 5.60 Å². The summed E-state index contributed by atoms with van der Waals surface area (Å²) in [4.78, 5) is 17.0. The molecule has 1 unspecified atom stereocenters. The molecular formula is C22H16BrCl2F3N2O2. The highest BCUT2D eigenvalue weighted by Gasteiger charge is 2.62. The zero-order valence-electron chi connectivity index (χ0n) is 16.3. The van der Waals surface area contributed by atoms with E-state index in [2.05, 4.69) is 26.4 Å². The summed E-state index contributed by atoms with van der Waals surface area (Å²) in [6.45, 7) is 0. The van der Waals surface area contributed by atoms with E-state index < -0.39 is 18.2 Å². The molecule has 0 spiro atoms. The standard InChI is InChI=1S/C22H16BrCl2F3N2O2/c23-18-6-2-12(7-19(18)29-20(31)13-3-4-13)1-5-17-11-21(32-30-17,22(26,27)28)14-8-15(24)10-16(25)9-14/h1-2,5-10,13H,3-4,11H2,(H,29,31)/b5-1+. The number of anilines is 1. The molecule has 1 N–H and O–H groups in total. The van der Waals surface area contributed by atoms with E-state index in [0.717, 1.165) is 12.8 Å². The third-order valence-electron chi connectivity index (χ3n) is 5.20. The second-order valence-corrected chi connectivity index (χ2v) is 9.40. The fraction of sp³-hybridized carbons (Fsp3) is 0.273. The van der Waals surface area contributed by atoms with Crippen LogP contribution < -0.4 is 5.32 Å². The third kappa shape index (κ3) is 4.82. The molecule has 1 aliphatic heterocycles. The highest BCUT2D eigenvalue weighted by atomic mass is 79.9. The molecule has 0 bridgehead atoms. The topological polar surface area (TPSA) is 50.7 Å². The summed E-state index contributed by atoms with van der Waals surface area (Å²) in [5.74, 6) is -0.00267. The number of nitrogens with zero attached hydrogens (tertiary/aromatic N) is 1. The number of carbonyl (C=O) groups is 1. The van der Waals surface area contributed by atoms with E-state index in [-0.39, 0.29) is 33.1 Å². The van der Waals surface area contributed by atoms with Gasteiger partial charge in [0.1, 0.15) is 0 Å². The van der Waals surface area contributed by atoms with E-state index in [9.17, 15) is 18.0 Å². The monoisotopic (exact) mass is 546 g/mol. The molecule has 2 aromatic carbocycles. The van der Waals surface area contributed by atoms with Crippen LogP contribution in [0.1, 0.15) is 30.4 Å². The normalized spacial score (nSPS) is 20.9. The number of carbonyl (C=O) groups excluding carboxylic acids is 1. The Morgan fingerprint density at radius 2 is 1.84 bits per heavy atom. The van der Waals surface area contributed by atoms with Crippen molar-refractivity contribution in [1.29, 1.82) is 0 Å². The van der Waals surface area contributed by atoms with Crippen LogP contribution in [-0.4, -0.2) is 17.8 Å². The number of halogens is 6. The molecule has 0 saturated heterocycles. The zero-order chi connectivity index (χ0) is 23.1. The largest absolute Gasteiger partial charge is 0.435 e. The van der Waals surface area contributed by atoms with Crippen LogP contribution in [0.5, 0.6) is 0 Å². The van der Waals surface area contributed by atoms with Crippen molar-refractivity contribution in [3.63, 3.8) is 0 Å². The summed E-state index contributed by atoms with van der Waals surface area (Å²) in [6, 6.07) is 8.94. The van der Waals surface area contributed by atoms with E-state index in [0.29, 0.717) is 15.7 Å². The second kappa shape index (κ2) is 8.72. The molecule has 10 heteroatoms. The maximum Gasteiger partial charge on any atom is 0.435 e. The molecule has 2 aliphatic rings. The molecule has 168 valence electrons. The van der Waals surface area contributed by atoms with Crippen LogP contribution in [0, 0.1) is 5.92 Å². The average molecular weight is 548 g/mol. The zero-order valence-corrected chi connectivity index (χ0v) is 19.4. The van der Waals surface area contributed by atoms with Gasteiger partial charge in [-0.3, -0.25) is 4.79 Å². The molecule has 1 heterocycles. The molecule has 32 heavy (non-hydrogen) atoms. The van der Waals surface area contributed by atoms with E-state index in [1.54, 1.807) is 24.3 Å². The molecule has 4 rings (SSSR count).